The smallest absolute Gasteiger partial charge is 0.318 e. The topological polar surface area (TPSA) is 131 Å². The summed E-state index contributed by atoms with van der Waals surface area (Å²) in [6.07, 6.45) is 0.0777. The minimum Gasteiger partial charge on any atom is -0.326 e. The molecule has 1 atom stereocenters. The van der Waals surface area contributed by atoms with Gasteiger partial charge in [0.05, 0.1) is 0 Å². The van der Waals surface area contributed by atoms with Gasteiger partial charge in [-0.05, 0) is 22.6 Å². The molecular formula is C23H30N4O5. The van der Waals surface area contributed by atoms with Gasteiger partial charge >= 0.3 is 6.03 Å². The molecule has 4 amide bonds. The molecule has 5 N–H and O–H groups in total. The van der Waals surface area contributed by atoms with Gasteiger partial charge in [-0.25, -0.2) is 15.8 Å². The Morgan fingerprint density at radius 2 is 1.53 bits per heavy atom. The summed E-state index contributed by atoms with van der Waals surface area (Å²) in [5, 5.41) is 20.4. The fourth-order valence-corrected chi connectivity index (χ4v) is 3.24. The number of amides is 4. The maximum atomic E-state index is 12.8. The van der Waals surface area contributed by atoms with E-state index in [1.54, 1.807) is 5.48 Å². The number of hydrogen-bond donors (Lipinski definition) is 5. The molecule has 0 spiro atoms. The number of hydrogen-bond acceptors (Lipinski definition) is 5. The number of benzene rings is 2. The van der Waals surface area contributed by atoms with Crippen LogP contribution in [0.2, 0.25) is 0 Å². The zero-order valence-corrected chi connectivity index (χ0v) is 18.2. The number of urea groups is 1. The van der Waals surface area contributed by atoms with Gasteiger partial charge in [0.15, 0.2) is 0 Å². The third-order valence-electron chi connectivity index (χ3n) is 4.83. The van der Waals surface area contributed by atoms with Crippen LogP contribution in [0.25, 0.3) is 11.1 Å². The molecule has 0 heterocycles. The van der Waals surface area contributed by atoms with E-state index in [-0.39, 0.29) is 25.3 Å². The normalized spacial score (nSPS) is 11.5. The summed E-state index contributed by atoms with van der Waals surface area (Å²) >= 11 is 0. The zero-order chi connectivity index (χ0) is 23.5. The van der Waals surface area contributed by atoms with Crippen LogP contribution < -0.4 is 16.3 Å². The van der Waals surface area contributed by atoms with Gasteiger partial charge in [-0.2, -0.15) is 0 Å². The predicted octanol–water partition coefficient (Wildman–Crippen LogP) is 2.33. The van der Waals surface area contributed by atoms with E-state index in [1.165, 1.54) is 10.4 Å². The average molecular weight is 443 g/mol. The van der Waals surface area contributed by atoms with Gasteiger partial charge in [0.25, 0.3) is 5.91 Å². The highest BCUT2D eigenvalue weighted by Gasteiger charge is 2.24. The molecule has 0 saturated heterocycles. The molecule has 2 rings (SSSR count). The van der Waals surface area contributed by atoms with Crippen molar-refractivity contribution >= 4 is 17.8 Å². The van der Waals surface area contributed by atoms with E-state index in [9.17, 15) is 14.4 Å². The van der Waals surface area contributed by atoms with Crippen molar-refractivity contribution in [2.24, 2.45) is 5.92 Å². The molecule has 0 aliphatic carbocycles. The molecule has 2 aromatic rings. The highest BCUT2D eigenvalue weighted by Crippen LogP contribution is 2.19. The van der Waals surface area contributed by atoms with Crippen molar-refractivity contribution in [3.63, 3.8) is 0 Å². The number of nitrogens with zero attached hydrogens (tertiary/aromatic N) is 1. The van der Waals surface area contributed by atoms with E-state index >= 15 is 0 Å². The third kappa shape index (κ3) is 7.68. The minimum atomic E-state index is -1.02. The molecule has 0 unspecified atom stereocenters. The monoisotopic (exact) mass is 442 g/mol. The molecular weight excluding hydrogens is 412 g/mol. The van der Waals surface area contributed by atoms with Crippen LogP contribution in [0.4, 0.5) is 4.79 Å². The number of carbonyl (C=O) groups is 3. The predicted molar refractivity (Wildman–Crippen MR) is 119 cm³/mol. The number of rotatable bonds is 10. The molecule has 9 heteroatoms. The number of nitrogens with one attached hydrogen (secondary N) is 3. The largest absolute Gasteiger partial charge is 0.326 e. The van der Waals surface area contributed by atoms with E-state index in [4.69, 9.17) is 10.4 Å². The van der Waals surface area contributed by atoms with Crippen LogP contribution in [-0.2, 0) is 16.0 Å². The first-order valence-corrected chi connectivity index (χ1v) is 10.4. The van der Waals surface area contributed by atoms with Crippen LogP contribution in [0.5, 0.6) is 0 Å². The summed E-state index contributed by atoms with van der Waals surface area (Å²) in [6, 6.07) is 15.9. The van der Waals surface area contributed by atoms with Crippen molar-refractivity contribution in [1.82, 2.24) is 21.2 Å². The minimum absolute atomic E-state index is 0.0651. The Morgan fingerprint density at radius 3 is 2.09 bits per heavy atom. The lowest BCUT2D eigenvalue weighted by atomic mass is 10.0. The van der Waals surface area contributed by atoms with Crippen LogP contribution >= 0.6 is 0 Å². The van der Waals surface area contributed by atoms with Gasteiger partial charge in [0.2, 0.25) is 5.91 Å². The molecule has 0 aliphatic heterocycles. The van der Waals surface area contributed by atoms with Crippen LogP contribution in [-0.4, -0.2) is 52.3 Å². The average Bonchev–Trinajstić information content (AvgIpc) is 2.81. The van der Waals surface area contributed by atoms with Gasteiger partial charge in [-0.3, -0.25) is 20.0 Å². The second-order valence-corrected chi connectivity index (χ2v) is 7.87. The summed E-state index contributed by atoms with van der Waals surface area (Å²) in [5.41, 5.74) is 6.02. The van der Waals surface area contributed by atoms with E-state index in [2.05, 4.69) is 5.32 Å². The number of carbonyl (C=O) groups excluding carboxylic acids is 3. The maximum Gasteiger partial charge on any atom is 0.318 e. The Hall–Kier alpha value is -3.43. The van der Waals surface area contributed by atoms with Crippen molar-refractivity contribution < 1.29 is 24.8 Å². The van der Waals surface area contributed by atoms with Gasteiger partial charge in [-0.15, -0.1) is 0 Å². The first-order chi connectivity index (χ1) is 15.3. The van der Waals surface area contributed by atoms with Crippen molar-refractivity contribution in [1.29, 1.82) is 0 Å². The molecule has 0 radical (unpaired) electrons. The summed E-state index contributed by atoms with van der Waals surface area (Å²) in [6.45, 7) is 4.25. The maximum absolute atomic E-state index is 12.8. The molecule has 0 fully saturated rings. The van der Waals surface area contributed by atoms with E-state index < -0.39 is 23.9 Å². The van der Waals surface area contributed by atoms with E-state index in [0.29, 0.717) is 6.54 Å². The Bertz CT molecular complexity index is 887. The Labute approximate surface area is 187 Å². The summed E-state index contributed by atoms with van der Waals surface area (Å²) in [4.78, 5) is 37.8. The lowest BCUT2D eigenvalue weighted by Gasteiger charge is -2.27. The van der Waals surface area contributed by atoms with Gasteiger partial charge in [-0.1, -0.05) is 68.4 Å². The molecule has 0 bridgehead atoms. The molecule has 0 aliphatic rings. The quantitative estimate of drug-likeness (QED) is 0.285. The van der Waals surface area contributed by atoms with E-state index in [0.717, 1.165) is 16.7 Å². The van der Waals surface area contributed by atoms with Crippen molar-refractivity contribution in [3.05, 3.63) is 60.2 Å². The van der Waals surface area contributed by atoms with Gasteiger partial charge < -0.3 is 10.2 Å². The highest BCUT2D eigenvalue weighted by atomic mass is 16.5. The van der Waals surface area contributed by atoms with Gasteiger partial charge in [0.1, 0.15) is 6.04 Å². The Kier molecular flexibility index (Phi) is 9.65. The first kappa shape index (κ1) is 24.8. The zero-order valence-electron chi connectivity index (χ0n) is 18.2. The van der Waals surface area contributed by atoms with Crippen molar-refractivity contribution in [2.75, 3.05) is 13.1 Å². The van der Waals surface area contributed by atoms with Crippen LogP contribution in [0.3, 0.4) is 0 Å². The summed E-state index contributed by atoms with van der Waals surface area (Å²) < 4.78 is 0. The second kappa shape index (κ2) is 12.4. The SMILES string of the molecule is CC(C)CN(CCC(=O)NO)C(=O)N[C@@H](Cc1ccc(-c2ccccc2)cc1)C(=O)NO. The molecule has 0 aromatic heterocycles. The summed E-state index contributed by atoms with van der Waals surface area (Å²) in [5.74, 6) is -1.24. The molecule has 0 saturated carbocycles. The lowest BCUT2D eigenvalue weighted by molar-refractivity contribution is -0.131. The van der Waals surface area contributed by atoms with Crippen molar-refractivity contribution in [3.8, 4) is 11.1 Å². The highest BCUT2D eigenvalue weighted by molar-refractivity contribution is 5.87. The fourth-order valence-electron chi connectivity index (χ4n) is 3.24. The molecule has 172 valence electrons. The Morgan fingerprint density at radius 1 is 0.906 bits per heavy atom. The van der Waals surface area contributed by atoms with Crippen LogP contribution in [0.1, 0.15) is 25.8 Å². The molecule has 9 nitrogen and oxygen atoms in total. The second-order valence-electron chi connectivity index (χ2n) is 7.87. The van der Waals surface area contributed by atoms with E-state index in [1.807, 2.05) is 68.4 Å². The van der Waals surface area contributed by atoms with Gasteiger partial charge in [0, 0.05) is 25.9 Å². The number of hydroxylamine groups is 2. The third-order valence-corrected chi connectivity index (χ3v) is 4.83. The lowest BCUT2D eigenvalue weighted by Crippen LogP contribution is -2.52. The first-order valence-electron chi connectivity index (χ1n) is 10.4. The molecule has 2 aromatic carbocycles. The summed E-state index contributed by atoms with van der Waals surface area (Å²) in [7, 11) is 0. The van der Waals surface area contributed by atoms with Crippen LogP contribution in [0, 0.1) is 5.92 Å². The fraction of sp³-hybridized carbons (Fsp3) is 0.348. The standard InChI is InChI=1S/C23H30N4O5/c1-16(2)15-27(13-12-21(28)25-31)23(30)24-20(22(29)26-32)14-17-8-10-19(11-9-17)18-6-4-3-5-7-18/h3-11,16,20,31-32H,12-15H2,1-2H3,(H,24,30)(H,25,28)(H,26,29)/t20-/m0/s1. The van der Waals surface area contributed by atoms with Crippen molar-refractivity contribution in [2.45, 2.75) is 32.7 Å². The van der Waals surface area contributed by atoms with Crippen LogP contribution in [0.15, 0.2) is 54.6 Å². The molecule has 32 heavy (non-hydrogen) atoms. The Balaban J connectivity index is 2.10.